The zero-order chi connectivity index (χ0) is 40.1. The van der Waals surface area contributed by atoms with Crippen molar-refractivity contribution in [3.63, 3.8) is 0 Å². The number of hydrogen-bond donors (Lipinski definition) is 3. The predicted octanol–water partition coefficient (Wildman–Crippen LogP) is 14.9. The molecule has 0 bridgehead atoms. The molecule has 0 aromatic rings. The van der Waals surface area contributed by atoms with Gasteiger partial charge in [-0.1, -0.05) is 225 Å². The zero-order valence-electron chi connectivity index (χ0n) is 37.3. The molecule has 0 aromatic carbocycles. The Balaban J connectivity index is 3.36. The molecule has 6 nitrogen and oxygen atoms in total. The zero-order valence-corrected chi connectivity index (χ0v) is 37.3. The van der Waals surface area contributed by atoms with Gasteiger partial charge in [0.15, 0.2) is 0 Å². The summed E-state index contributed by atoms with van der Waals surface area (Å²) in [7, 11) is 0. The fraction of sp³-hybridized carbons (Fsp3) is 0.959. The topological polar surface area (TPSA) is 102 Å². The maximum atomic E-state index is 12.0. The lowest BCUT2D eigenvalue weighted by Gasteiger charge is -2.22. The first kappa shape index (κ1) is 53.9. The van der Waals surface area contributed by atoms with Crippen LogP contribution in [0.1, 0.15) is 277 Å². The predicted molar refractivity (Wildman–Crippen MR) is 239 cm³/mol. The van der Waals surface area contributed by atoms with Crippen molar-refractivity contribution >= 4 is 11.9 Å². The highest BCUT2D eigenvalue weighted by Crippen LogP contribution is 2.16. The normalized spacial score (nSPS) is 12.6. The average Bonchev–Trinajstić information content (AvgIpc) is 3.16. The van der Waals surface area contributed by atoms with E-state index in [1.807, 2.05) is 0 Å². The molecule has 2 atom stereocenters. The number of unbranched alkanes of at least 4 members (excludes halogenated alkanes) is 35. The Labute approximate surface area is 343 Å². The first-order chi connectivity index (χ1) is 27.0. The molecule has 0 rings (SSSR count). The fourth-order valence-electron chi connectivity index (χ4n) is 7.96. The molecule has 55 heavy (non-hydrogen) atoms. The SMILES string of the molecule is CCCCCCCCCCCCCCOC(=O)CCCCCCCCCCCCCCCNC(CCCCCCCCCCCCCCCC(=O)O)C(C)N. The second-order valence-electron chi connectivity index (χ2n) is 17.4. The van der Waals surface area contributed by atoms with E-state index in [1.54, 1.807) is 0 Å². The van der Waals surface area contributed by atoms with Crippen LogP contribution >= 0.6 is 0 Å². The van der Waals surface area contributed by atoms with Crippen molar-refractivity contribution in [2.45, 2.75) is 289 Å². The van der Waals surface area contributed by atoms with E-state index in [-0.39, 0.29) is 12.0 Å². The van der Waals surface area contributed by atoms with Crippen LogP contribution in [0.2, 0.25) is 0 Å². The Morgan fingerprint density at radius 3 is 1.18 bits per heavy atom. The number of hydrogen-bond acceptors (Lipinski definition) is 5. The standard InChI is InChI=1S/C49H98N2O4/c1-3-4-5-6-7-8-9-20-25-30-35-40-45-55-49(54)43-38-33-28-23-18-14-11-15-19-24-29-34-39-44-51-47(46(2)50)41-36-31-26-21-16-12-10-13-17-22-27-32-37-42-48(52)53/h46-47,51H,3-45,50H2,1-2H3,(H,52,53). The molecule has 6 heteroatoms. The lowest BCUT2D eigenvalue weighted by atomic mass is 10.0. The summed E-state index contributed by atoms with van der Waals surface area (Å²) in [6.45, 7) is 6.17. The van der Waals surface area contributed by atoms with Crippen LogP contribution < -0.4 is 11.1 Å². The number of aliphatic carboxylic acids is 1. The number of carboxylic acid groups (broad SMARTS) is 1. The molecule has 0 aliphatic heterocycles. The van der Waals surface area contributed by atoms with Crippen molar-refractivity contribution in [1.29, 1.82) is 0 Å². The van der Waals surface area contributed by atoms with Crippen molar-refractivity contribution in [1.82, 2.24) is 5.32 Å². The van der Waals surface area contributed by atoms with E-state index in [0.717, 1.165) is 38.6 Å². The highest BCUT2D eigenvalue weighted by atomic mass is 16.5. The number of carbonyl (C=O) groups excluding carboxylic acids is 1. The summed E-state index contributed by atoms with van der Waals surface area (Å²) in [6, 6.07) is 0.680. The summed E-state index contributed by atoms with van der Waals surface area (Å²) >= 11 is 0. The van der Waals surface area contributed by atoms with Gasteiger partial charge in [0.25, 0.3) is 0 Å². The molecule has 0 aliphatic rings. The van der Waals surface area contributed by atoms with Crippen molar-refractivity contribution in [2.24, 2.45) is 5.73 Å². The van der Waals surface area contributed by atoms with Gasteiger partial charge in [0, 0.05) is 24.9 Å². The maximum Gasteiger partial charge on any atom is 0.305 e. The molecule has 0 saturated carbocycles. The van der Waals surface area contributed by atoms with Gasteiger partial charge in [-0.05, 0) is 45.6 Å². The van der Waals surface area contributed by atoms with Crippen LogP contribution in [-0.4, -0.2) is 42.3 Å². The molecule has 0 fully saturated rings. The smallest absolute Gasteiger partial charge is 0.305 e. The van der Waals surface area contributed by atoms with Crippen LogP contribution in [0, 0.1) is 0 Å². The second kappa shape index (κ2) is 45.6. The minimum absolute atomic E-state index is 0.0147. The Hall–Kier alpha value is -1.14. The molecule has 0 aliphatic carbocycles. The lowest BCUT2D eigenvalue weighted by molar-refractivity contribution is -0.144. The molecule has 4 N–H and O–H groups in total. The number of nitrogens with two attached hydrogens (primary N) is 1. The number of carbonyl (C=O) groups is 2. The van der Waals surface area contributed by atoms with E-state index in [0.29, 0.717) is 25.5 Å². The Bertz CT molecular complexity index is 776. The minimum atomic E-state index is -0.661. The fourth-order valence-corrected chi connectivity index (χ4v) is 7.96. The van der Waals surface area contributed by atoms with E-state index in [9.17, 15) is 9.59 Å². The van der Waals surface area contributed by atoms with Crippen LogP contribution in [0.3, 0.4) is 0 Å². The van der Waals surface area contributed by atoms with Crippen LogP contribution in [-0.2, 0) is 14.3 Å². The van der Waals surface area contributed by atoms with Crippen molar-refractivity contribution < 1.29 is 19.4 Å². The number of ether oxygens (including phenoxy) is 1. The molecular formula is C49H98N2O4. The van der Waals surface area contributed by atoms with Gasteiger partial charge in [-0.3, -0.25) is 9.59 Å². The average molecular weight is 779 g/mol. The summed E-state index contributed by atoms with van der Waals surface area (Å²) in [4.78, 5) is 22.6. The van der Waals surface area contributed by atoms with E-state index in [2.05, 4.69) is 19.2 Å². The summed E-state index contributed by atoms with van der Waals surface area (Å²) in [5.41, 5.74) is 6.32. The maximum absolute atomic E-state index is 12.0. The first-order valence-electron chi connectivity index (χ1n) is 24.8. The molecule has 0 heterocycles. The van der Waals surface area contributed by atoms with Gasteiger partial charge in [0.1, 0.15) is 0 Å². The summed E-state index contributed by atoms with van der Waals surface area (Å²) in [5, 5.41) is 12.5. The monoisotopic (exact) mass is 779 g/mol. The highest BCUT2D eigenvalue weighted by molar-refractivity contribution is 5.69. The van der Waals surface area contributed by atoms with Crippen LogP contribution in [0.15, 0.2) is 0 Å². The van der Waals surface area contributed by atoms with Crippen molar-refractivity contribution in [2.75, 3.05) is 13.2 Å². The van der Waals surface area contributed by atoms with E-state index < -0.39 is 5.97 Å². The third kappa shape index (κ3) is 45.4. The highest BCUT2D eigenvalue weighted by Gasteiger charge is 2.12. The first-order valence-corrected chi connectivity index (χ1v) is 24.8. The van der Waals surface area contributed by atoms with Gasteiger partial charge < -0.3 is 20.9 Å². The van der Waals surface area contributed by atoms with E-state index in [1.165, 1.54) is 218 Å². The van der Waals surface area contributed by atoms with Crippen molar-refractivity contribution in [3.05, 3.63) is 0 Å². The minimum Gasteiger partial charge on any atom is -0.481 e. The molecule has 0 amide bonds. The third-order valence-electron chi connectivity index (χ3n) is 11.8. The Kier molecular flexibility index (Phi) is 44.6. The molecule has 0 spiro atoms. The quantitative estimate of drug-likeness (QED) is 0.0420. The summed E-state index contributed by atoms with van der Waals surface area (Å²) in [6.07, 6.45) is 51.5. The van der Waals surface area contributed by atoms with Gasteiger partial charge in [-0.2, -0.15) is 0 Å². The van der Waals surface area contributed by atoms with Crippen LogP contribution in [0.25, 0.3) is 0 Å². The molecule has 2 unspecified atom stereocenters. The third-order valence-corrected chi connectivity index (χ3v) is 11.8. The Morgan fingerprint density at radius 1 is 0.473 bits per heavy atom. The van der Waals surface area contributed by atoms with Gasteiger partial charge in [0.2, 0.25) is 0 Å². The Morgan fingerprint density at radius 2 is 0.800 bits per heavy atom. The molecular weight excluding hydrogens is 681 g/mol. The van der Waals surface area contributed by atoms with E-state index >= 15 is 0 Å². The number of esters is 1. The summed E-state index contributed by atoms with van der Waals surface area (Å²) < 4.78 is 5.46. The van der Waals surface area contributed by atoms with Crippen LogP contribution in [0.5, 0.6) is 0 Å². The van der Waals surface area contributed by atoms with E-state index in [4.69, 9.17) is 15.6 Å². The largest absolute Gasteiger partial charge is 0.481 e. The van der Waals surface area contributed by atoms with Crippen LogP contribution in [0.4, 0.5) is 0 Å². The molecule has 0 radical (unpaired) electrons. The number of nitrogens with one attached hydrogen (secondary N) is 1. The van der Waals surface area contributed by atoms with Gasteiger partial charge >= 0.3 is 11.9 Å². The summed E-state index contributed by atoms with van der Waals surface area (Å²) in [5.74, 6) is -0.646. The molecule has 0 aromatic heterocycles. The van der Waals surface area contributed by atoms with Gasteiger partial charge in [-0.15, -0.1) is 0 Å². The van der Waals surface area contributed by atoms with Crippen molar-refractivity contribution in [3.8, 4) is 0 Å². The second-order valence-corrected chi connectivity index (χ2v) is 17.4. The van der Waals surface area contributed by atoms with Gasteiger partial charge in [-0.25, -0.2) is 0 Å². The van der Waals surface area contributed by atoms with Gasteiger partial charge in [0.05, 0.1) is 6.61 Å². The lowest BCUT2D eigenvalue weighted by Crippen LogP contribution is -2.43. The molecule has 328 valence electrons. The number of rotatable bonds is 47. The molecule has 0 saturated heterocycles. The number of carboxylic acids is 1.